The predicted molar refractivity (Wildman–Crippen MR) is 67.9 cm³/mol. The lowest BCUT2D eigenvalue weighted by Gasteiger charge is -2.06. The van der Waals surface area contributed by atoms with Gasteiger partial charge in [0.1, 0.15) is 5.82 Å². The molecule has 0 atom stereocenters. The second kappa shape index (κ2) is 5.32. The van der Waals surface area contributed by atoms with Crippen molar-refractivity contribution in [2.24, 2.45) is 0 Å². The van der Waals surface area contributed by atoms with Crippen molar-refractivity contribution in [2.45, 2.75) is 0 Å². The van der Waals surface area contributed by atoms with E-state index in [1.807, 2.05) is 6.07 Å². The van der Waals surface area contributed by atoms with Crippen LogP contribution in [-0.2, 0) is 4.74 Å². The van der Waals surface area contributed by atoms with E-state index in [0.717, 1.165) is 5.56 Å². The highest BCUT2D eigenvalue weighted by Crippen LogP contribution is 2.23. The Morgan fingerprint density at radius 3 is 2.37 bits per heavy atom. The first-order chi connectivity index (χ1) is 9.15. The molecule has 4 heteroatoms. The monoisotopic (exact) mass is 255 g/mol. The first-order valence-electron chi connectivity index (χ1n) is 5.54. The predicted octanol–water partition coefficient (Wildman–Crippen LogP) is 3.15. The molecule has 0 aromatic heterocycles. The van der Waals surface area contributed by atoms with Crippen LogP contribution in [-0.4, -0.2) is 13.1 Å². The molecule has 0 saturated heterocycles. The van der Waals surface area contributed by atoms with E-state index in [0.29, 0.717) is 11.1 Å². The Kier molecular flexibility index (Phi) is 3.58. The van der Waals surface area contributed by atoms with Gasteiger partial charge in [-0.05, 0) is 35.4 Å². The van der Waals surface area contributed by atoms with Crippen LogP contribution in [0.25, 0.3) is 11.1 Å². The molecule has 0 N–H and O–H groups in total. The maximum atomic E-state index is 13.5. The van der Waals surface area contributed by atoms with Gasteiger partial charge in [0.05, 0.1) is 24.3 Å². The van der Waals surface area contributed by atoms with Gasteiger partial charge in [0.15, 0.2) is 0 Å². The molecule has 0 fully saturated rings. The van der Waals surface area contributed by atoms with Crippen molar-refractivity contribution in [3.63, 3.8) is 0 Å². The van der Waals surface area contributed by atoms with Gasteiger partial charge in [-0.1, -0.05) is 18.2 Å². The van der Waals surface area contributed by atoms with Gasteiger partial charge >= 0.3 is 5.97 Å². The second-order valence-corrected chi connectivity index (χ2v) is 3.88. The third-order valence-electron chi connectivity index (χ3n) is 2.72. The van der Waals surface area contributed by atoms with Gasteiger partial charge in [-0.15, -0.1) is 0 Å². The molecule has 2 rings (SSSR count). The summed E-state index contributed by atoms with van der Waals surface area (Å²) in [4.78, 5) is 11.4. The van der Waals surface area contributed by atoms with Crippen LogP contribution in [0, 0.1) is 17.1 Å². The third-order valence-corrected chi connectivity index (χ3v) is 2.72. The lowest BCUT2D eigenvalue weighted by atomic mass is 10.0. The topological polar surface area (TPSA) is 50.1 Å². The molecule has 0 aliphatic heterocycles. The van der Waals surface area contributed by atoms with Gasteiger partial charge in [-0.25, -0.2) is 9.18 Å². The Morgan fingerprint density at radius 2 is 1.79 bits per heavy atom. The number of nitriles is 1. The molecular weight excluding hydrogens is 245 g/mol. The van der Waals surface area contributed by atoms with Gasteiger partial charge in [0.2, 0.25) is 0 Å². The molecule has 3 nitrogen and oxygen atoms in total. The Hall–Kier alpha value is -2.67. The first-order valence-corrected chi connectivity index (χ1v) is 5.54. The minimum atomic E-state index is -0.715. The molecule has 2 aromatic carbocycles. The number of hydrogen-bond acceptors (Lipinski definition) is 3. The minimum absolute atomic E-state index is 0.107. The van der Waals surface area contributed by atoms with Gasteiger partial charge in [-0.3, -0.25) is 0 Å². The number of nitrogens with zero attached hydrogens (tertiary/aromatic N) is 1. The van der Waals surface area contributed by atoms with Gasteiger partial charge in [0, 0.05) is 0 Å². The van der Waals surface area contributed by atoms with E-state index in [-0.39, 0.29) is 5.56 Å². The van der Waals surface area contributed by atoms with Crippen molar-refractivity contribution in [3.05, 3.63) is 59.4 Å². The fraction of sp³-hybridized carbons (Fsp3) is 0.0667. The highest BCUT2D eigenvalue weighted by atomic mass is 19.1. The fourth-order valence-electron chi connectivity index (χ4n) is 1.71. The number of carbonyl (C=O) groups is 1. The molecule has 2 aromatic rings. The summed E-state index contributed by atoms with van der Waals surface area (Å²) < 4.78 is 18.0. The summed E-state index contributed by atoms with van der Waals surface area (Å²) in [6.45, 7) is 0. The molecule has 0 spiro atoms. The molecule has 0 aliphatic carbocycles. The summed E-state index contributed by atoms with van der Waals surface area (Å²) in [6.07, 6.45) is 0. The molecule has 0 radical (unpaired) electrons. The van der Waals surface area contributed by atoms with Crippen LogP contribution < -0.4 is 0 Å². The summed E-state index contributed by atoms with van der Waals surface area (Å²) >= 11 is 0. The standard InChI is InChI=1S/C15H10FNO2/c1-19-15(18)13-8-12(6-7-14(13)16)11-4-2-10(9-17)3-5-11/h2-8H,1H3. The van der Waals surface area contributed by atoms with Crippen molar-refractivity contribution in [3.8, 4) is 17.2 Å². The number of benzene rings is 2. The molecule has 0 unspecified atom stereocenters. The van der Waals surface area contributed by atoms with Crippen LogP contribution in [0.5, 0.6) is 0 Å². The average Bonchev–Trinajstić information content (AvgIpc) is 2.47. The van der Waals surface area contributed by atoms with Crippen LogP contribution in [0.3, 0.4) is 0 Å². The second-order valence-electron chi connectivity index (χ2n) is 3.88. The SMILES string of the molecule is COC(=O)c1cc(-c2ccc(C#N)cc2)ccc1F. The van der Waals surface area contributed by atoms with Crippen LogP contribution >= 0.6 is 0 Å². The number of methoxy groups -OCH3 is 1. The zero-order valence-corrected chi connectivity index (χ0v) is 10.2. The molecule has 0 bridgehead atoms. The van der Waals surface area contributed by atoms with Crippen LogP contribution in [0.15, 0.2) is 42.5 Å². The zero-order valence-electron chi connectivity index (χ0n) is 10.2. The van der Waals surface area contributed by atoms with Gasteiger partial charge in [0.25, 0.3) is 0 Å². The van der Waals surface area contributed by atoms with Crippen LogP contribution in [0.4, 0.5) is 4.39 Å². The number of esters is 1. The van der Waals surface area contributed by atoms with Gasteiger partial charge in [-0.2, -0.15) is 5.26 Å². The fourth-order valence-corrected chi connectivity index (χ4v) is 1.71. The summed E-state index contributed by atoms with van der Waals surface area (Å²) in [5.74, 6) is -1.34. The molecule has 19 heavy (non-hydrogen) atoms. The van der Waals surface area contributed by atoms with E-state index in [4.69, 9.17) is 5.26 Å². The number of rotatable bonds is 2. The normalized spacial score (nSPS) is 9.74. The number of hydrogen-bond donors (Lipinski definition) is 0. The number of carbonyl (C=O) groups excluding carboxylic acids is 1. The number of halogens is 1. The van der Waals surface area contributed by atoms with E-state index in [1.165, 1.54) is 19.2 Å². The molecule has 0 heterocycles. The average molecular weight is 255 g/mol. The maximum absolute atomic E-state index is 13.5. The Labute approximate surface area is 109 Å². The Morgan fingerprint density at radius 1 is 1.16 bits per heavy atom. The van der Waals surface area contributed by atoms with Crippen molar-refractivity contribution in [1.82, 2.24) is 0 Å². The Bertz CT molecular complexity index is 657. The van der Waals surface area contributed by atoms with Crippen LogP contribution in [0.2, 0.25) is 0 Å². The van der Waals surface area contributed by atoms with E-state index in [1.54, 1.807) is 30.3 Å². The molecule has 94 valence electrons. The maximum Gasteiger partial charge on any atom is 0.340 e. The van der Waals surface area contributed by atoms with Crippen LogP contribution in [0.1, 0.15) is 15.9 Å². The molecule has 0 amide bonds. The third kappa shape index (κ3) is 2.61. The van der Waals surface area contributed by atoms with Crippen molar-refractivity contribution < 1.29 is 13.9 Å². The van der Waals surface area contributed by atoms with E-state index >= 15 is 0 Å². The first kappa shape index (κ1) is 12.8. The lowest BCUT2D eigenvalue weighted by molar-refractivity contribution is 0.0595. The largest absolute Gasteiger partial charge is 0.465 e. The summed E-state index contributed by atoms with van der Waals surface area (Å²) in [6, 6.07) is 13.1. The smallest absolute Gasteiger partial charge is 0.340 e. The van der Waals surface area contributed by atoms with E-state index < -0.39 is 11.8 Å². The van der Waals surface area contributed by atoms with Gasteiger partial charge < -0.3 is 4.74 Å². The van der Waals surface area contributed by atoms with Crippen molar-refractivity contribution >= 4 is 5.97 Å². The van der Waals surface area contributed by atoms with Crippen molar-refractivity contribution in [1.29, 1.82) is 5.26 Å². The summed E-state index contributed by atoms with van der Waals surface area (Å²) in [7, 11) is 1.20. The molecule has 0 saturated carbocycles. The zero-order chi connectivity index (χ0) is 13.8. The lowest BCUT2D eigenvalue weighted by Crippen LogP contribution is -2.04. The van der Waals surface area contributed by atoms with Crippen molar-refractivity contribution in [2.75, 3.05) is 7.11 Å². The molecule has 0 aliphatic rings. The summed E-state index contributed by atoms with van der Waals surface area (Å²) in [5, 5.41) is 8.72. The quantitative estimate of drug-likeness (QED) is 0.774. The minimum Gasteiger partial charge on any atom is -0.465 e. The highest BCUT2D eigenvalue weighted by Gasteiger charge is 2.13. The highest BCUT2D eigenvalue weighted by molar-refractivity contribution is 5.91. The van der Waals surface area contributed by atoms with E-state index in [9.17, 15) is 9.18 Å². The van der Waals surface area contributed by atoms with E-state index in [2.05, 4.69) is 4.74 Å². The summed E-state index contributed by atoms with van der Waals surface area (Å²) in [5.41, 5.74) is 1.92. The number of ether oxygens (including phenoxy) is 1. The Balaban J connectivity index is 2.45. The molecular formula is C15H10FNO2.